The van der Waals surface area contributed by atoms with E-state index in [4.69, 9.17) is 27.9 Å². The van der Waals surface area contributed by atoms with E-state index in [9.17, 15) is 13.2 Å². The number of amides is 1. The molecule has 0 N–H and O–H groups in total. The number of rotatable bonds is 8. The van der Waals surface area contributed by atoms with E-state index in [0.29, 0.717) is 34.3 Å². The largest absolute Gasteiger partial charge is 0.493 e. The predicted molar refractivity (Wildman–Crippen MR) is 139 cm³/mol. The topological polar surface area (TPSA) is 66.9 Å². The van der Waals surface area contributed by atoms with Gasteiger partial charge in [0.2, 0.25) is 15.9 Å². The van der Waals surface area contributed by atoms with Gasteiger partial charge in [-0.05, 0) is 61.9 Å². The van der Waals surface area contributed by atoms with Crippen molar-refractivity contribution in [3.05, 3.63) is 64.1 Å². The number of sulfonamides is 1. The van der Waals surface area contributed by atoms with Crippen molar-refractivity contribution in [1.29, 1.82) is 0 Å². The van der Waals surface area contributed by atoms with Gasteiger partial charge >= 0.3 is 0 Å². The minimum atomic E-state index is -3.63. The van der Waals surface area contributed by atoms with Gasteiger partial charge in [0, 0.05) is 38.0 Å². The van der Waals surface area contributed by atoms with Crippen LogP contribution < -0.4 is 4.74 Å². The van der Waals surface area contributed by atoms with Crippen molar-refractivity contribution in [1.82, 2.24) is 9.21 Å². The minimum absolute atomic E-state index is 0.0880. The second-order valence-corrected chi connectivity index (χ2v) is 12.4. The van der Waals surface area contributed by atoms with E-state index in [2.05, 4.69) is 0 Å². The highest BCUT2D eigenvalue weighted by molar-refractivity contribution is 7.88. The molecule has 190 valence electrons. The van der Waals surface area contributed by atoms with Crippen LogP contribution in [-0.4, -0.2) is 56.3 Å². The molecule has 2 heterocycles. The summed E-state index contributed by atoms with van der Waals surface area (Å²) in [6, 6.07) is 14.4. The molecule has 4 rings (SSSR count). The summed E-state index contributed by atoms with van der Waals surface area (Å²) in [4.78, 5) is 15.2. The molecule has 2 aliphatic rings. The van der Waals surface area contributed by atoms with Gasteiger partial charge in [0.25, 0.3) is 0 Å². The summed E-state index contributed by atoms with van der Waals surface area (Å²) in [6.45, 7) is 2.51. The summed E-state index contributed by atoms with van der Waals surface area (Å²) in [5.41, 5.74) is -0.00615. The van der Waals surface area contributed by atoms with Crippen LogP contribution in [0.1, 0.15) is 44.1 Å². The molecule has 0 bridgehead atoms. The van der Waals surface area contributed by atoms with Crippen molar-refractivity contribution < 1.29 is 17.9 Å². The van der Waals surface area contributed by atoms with Gasteiger partial charge in [0.15, 0.2) is 0 Å². The summed E-state index contributed by atoms with van der Waals surface area (Å²) in [5, 5.41) is 0.717. The molecule has 2 aromatic carbocycles. The fourth-order valence-electron chi connectivity index (χ4n) is 4.97. The zero-order valence-electron chi connectivity index (χ0n) is 19.8. The standard InChI is InChI=1S/C26H32Cl2N2O4S/c27-23-11-10-21(16-24(23)28)18-35(32,33)30-15-7-12-26(19-30,20-34-22-8-3-1-4-9-22)17-25(31)29-13-5-2-6-14-29/h1,3-4,8-11,16H,2,5-7,12-15,17-20H2. The molecule has 1 atom stereocenters. The molecule has 2 aromatic rings. The second kappa shape index (κ2) is 11.5. The van der Waals surface area contributed by atoms with E-state index in [0.717, 1.165) is 38.8 Å². The third-order valence-electron chi connectivity index (χ3n) is 6.88. The smallest absolute Gasteiger partial charge is 0.223 e. The van der Waals surface area contributed by atoms with Crippen LogP contribution in [0.4, 0.5) is 0 Å². The molecule has 9 heteroatoms. The molecule has 1 amide bonds. The highest BCUT2D eigenvalue weighted by Crippen LogP contribution is 2.37. The number of nitrogens with zero attached hydrogens (tertiary/aromatic N) is 2. The number of likely N-dealkylation sites (tertiary alicyclic amines) is 1. The van der Waals surface area contributed by atoms with Gasteiger partial charge in [-0.1, -0.05) is 47.5 Å². The van der Waals surface area contributed by atoms with Gasteiger partial charge in [-0.15, -0.1) is 0 Å². The maximum absolute atomic E-state index is 13.4. The summed E-state index contributed by atoms with van der Waals surface area (Å²) >= 11 is 12.1. The quantitative estimate of drug-likeness (QED) is 0.452. The number of piperidine rings is 2. The Labute approximate surface area is 218 Å². The molecule has 35 heavy (non-hydrogen) atoms. The van der Waals surface area contributed by atoms with Crippen molar-refractivity contribution in [2.45, 2.75) is 44.3 Å². The van der Waals surface area contributed by atoms with E-state index < -0.39 is 15.4 Å². The van der Waals surface area contributed by atoms with Crippen LogP contribution in [0.2, 0.25) is 10.0 Å². The van der Waals surface area contributed by atoms with Crippen LogP contribution in [0.15, 0.2) is 48.5 Å². The van der Waals surface area contributed by atoms with Gasteiger partial charge in [0.05, 0.1) is 22.4 Å². The van der Waals surface area contributed by atoms with E-state index in [-0.39, 0.29) is 31.2 Å². The highest BCUT2D eigenvalue weighted by atomic mass is 35.5. The molecule has 2 fully saturated rings. The number of para-hydroxylation sites is 1. The minimum Gasteiger partial charge on any atom is -0.493 e. The predicted octanol–water partition coefficient (Wildman–Crippen LogP) is 5.39. The zero-order chi connectivity index (χ0) is 24.9. The molecule has 2 aliphatic heterocycles. The average molecular weight is 540 g/mol. The van der Waals surface area contributed by atoms with Crippen molar-refractivity contribution in [3.8, 4) is 5.75 Å². The first kappa shape index (κ1) is 26.3. The Morgan fingerprint density at radius 2 is 1.69 bits per heavy atom. The van der Waals surface area contributed by atoms with Crippen molar-refractivity contribution in [2.24, 2.45) is 5.41 Å². The Bertz CT molecular complexity index is 1120. The van der Waals surface area contributed by atoms with E-state index >= 15 is 0 Å². The van der Waals surface area contributed by atoms with Crippen molar-refractivity contribution >= 4 is 39.1 Å². The Hall–Kier alpha value is -1.80. The lowest BCUT2D eigenvalue weighted by molar-refractivity contribution is -0.136. The average Bonchev–Trinajstić information content (AvgIpc) is 2.86. The van der Waals surface area contributed by atoms with Gasteiger partial charge in [-0.25, -0.2) is 12.7 Å². The lowest BCUT2D eigenvalue weighted by Gasteiger charge is -2.42. The third kappa shape index (κ3) is 6.91. The van der Waals surface area contributed by atoms with Gasteiger partial charge in [-0.3, -0.25) is 4.79 Å². The van der Waals surface area contributed by atoms with E-state index in [1.54, 1.807) is 18.2 Å². The van der Waals surface area contributed by atoms with Crippen LogP contribution in [0.3, 0.4) is 0 Å². The van der Waals surface area contributed by atoms with Crippen molar-refractivity contribution in [3.63, 3.8) is 0 Å². The number of benzene rings is 2. The lowest BCUT2D eigenvalue weighted by Crippen LogP contribution is -2.51. The monoisotopic (exact) mass is 538 g/mol. The number of hydrogen-bond acceptors (Lipinski definition) is 4. The fourth-order valence-corrected chi connectivity index (χ4v) is 6.96. The summed E-state index contributed by atoms with van der Waals surface area (Å²) < 4.78 is 34.5. The molecule has 0 aromatic heterocycles. The van der Waals surface area contributed by atoms with Crippen LogP contribution in [0.25, 0.3) is 0 Å². The Balaban J connectivity index is 1.53. The number of hydrogen-bond donors (Lipinski definition) is 0. The number of carbonyl (C=O) groups excluding carboxylic acids is 1. The van der Waals surface area contributed by atoms with Crippen LogP contribution in [-0.2, 0) is 20.6 Å². The van der Waals surface area contributed by atoms with Crippen LogP contribution in [0.5, 0.6) is 5.75 Å². The summed E-state index contributed by atoms with van der Waals surface area (Å²) in [7, 11) is -3.63. The van der Waals surface area contributed by atoms with E-state index in [1.807, 2.05) is 35.2 Å². The molecule has 0 aliphatic carbocycles. The highest BCUT2D eigenvalue weighted by Gasteiger charge is 2.42. The molecule has 1 unspecified atom stereocenters. The third-order valence-corrected chi connectivity index (χ3v) is 9.41. The number of carbonyl (C=O) groups is 1. The Morgan fingerprint density at radius 3 is 2.40 bits per heavy atom. The van der Waals surface area contributed by atoms with E-state index in [1.165, 1.54) is 4.31 Å². The SMILES string of the molecule is O=C(CC1(COc2ccccc2)CCCN(S(=O)(=O)Cc2ccc(Cl)c(Cl)c2)C1)N1CCCCC1. The Kier molecular flexibility index (Phi) is 8.63. The maximum Gasteiger partial charge on any atom is 0.223 e. The molecular weight excluding hydrogens is 507 g/mol. The Morgan fingerprint density at radius 1 is 0.943 bits per heavy atom. The molecule has 0 saturated carbocycles. The number of ether oxygens (including phenoxy) is 1. The zero-order valence-corrected chi connectivity index (χ0v) is 22.1. The van der Waals surface area contributed by atoms with Gasteiger partial charge in [0.1, 0.15) is 5.75 Å². The maximum atomic E-state index is 13.4. The molecule has 0 spiro atoms. The first-order chi connectivity index (χ1) is 16.8. The normalized spacial score (nSPS) is 21.6. The van der Waals surface area contributed by atoms with Crippen molar-refractivity contribution in [2.75, 3.05) is 32.8 Å². The summed E-state index contributed by atoms with van der Waals surface area (Å²) in [5.74, 6) is 0.637. The second-order valence-electron chi connectivity index (χ2n) is 9.66. The molecule has 6 nitrogen and oxygen atoms in total. The lowest BCUT2D eigenvalue weighted by atomic mass is 9.78. The molecular formula is C26H32Cl2N2O4S. The van der Waals surface area contributed by atoms with Gasteiger partial charge in [-0.2, -0.15) is 0 Å². The summed E-state index contributed by atoms with van der Waals surface area (Å²) in [6.07, 6.45) is 4.86. The van der Waals surface area contributed by atoms with Crippen LogP contribution in [0, 0.1) is 5.41 Å². The molecule has 0 radical (unpaired) electrons. The van der Waals surface area contributed by atoms with Gasteiger partial charge < -0.3 is 9.64 Å². The van der Waals surface area contributed by atoms with Crippen LogP contribution >= 0.6 is 23.2 Å². The first-order valence-electron chi connectivity index (χ1n) is 12.1. The number of halogens is 2. The fraction of sp³-hybridized carbons (Fsp3) is 0.500. The first-order valence-corrected chi connectivity index (χ1v) is 14.5. The molecule has 2 saturated heterocycles.